The molecule has 0 spiro atoms. The first kappa shape index (κ1) is 18.4. The lowest BCUT2D eigenvalue weighted by molar-refractivity contribution is 0.386. The molecule has 4 aromatic rings. The van der Waals surface area contributed by atoms with Crippen molar-refractivity contribution < 1.29 is 9.13 Å². The molecule has 0 atom stereocenters. The number of ether oxygens (including phenoxy) is 1. The van der Waals surface area contributed by atoms with E-state index < -0.39 is 5.82 Å². The number of hydrogen-bond donors (Lipinski definition) is 1. The Morgan fingerprint density at radius 2 is 2.11 bits per heavy atom. The van der Waals surface area contributed by atoms with Crippen LogP contribution in [0.4, 0.5) is 15.9 Å². The van der Waals surface area contributed by atoms with Gasteiger partial charge in [-0.05, 0) is 30.0 Å². The van der Waals surface area contributed by atoms with Crippen LogP contribution in [0, 0.1) is 5.82 Å². The third-order valence-corrected chi connectivity index (χ3v) is 5.26. The van der Waals surface area contributed by atoms with E-state index in [9.17, 15) is 4.39 Å². The normalized spacial score (nSPS) is 11.1. The fourth-order valence-corrected chi connectivity index (χ4v) is 3.79. The molecule has 3 heterocycles. The second kappa shape index (κ2) is 7.55. The Hall–Kier alpha value is -3.00. The van der Waals surface area contributed by atoms with Gasteiger partial charge in [-0.1, -0.05) is 19.4 Å². The lowest BCUT2D eigenvalue weighted by Crippen LogP contribution is -2.02. The van der Waals surface area contributed by atoms with Crippen molar-refractivity contribution in [1.29, 1.82) is 0 Å². The topological polar surface area (TPSA) is 64.9 Å². The molecule has 8 heteroatoms. The third-order valence-electron chi connectivity index (χ3n) is 4.39. The maximum Gasteiger partial charge on any atom is 0.172 e. The highest BCUT2D eigenvalue weighted by Gasteiger charge is 2.18. The molecule has 0 aliphatic heterocycles. The molecule has 28 heavy (non-hydrogen) atoms. The van der Waals surface area contributed by atoms with Gasteiger partial charge in [0.2, 0.25) is 0 Å². The minimum Gasteiger partial charge on any atom is -0.494 e. The first-order chi connectivity index (χ1) is 13.6. The van der Waals surface area contributed by atoms with Crippen molar-refractivity contribution in [2.24, 2.45) is 7.05 Å². The van der Waals surface area contributed by atoms with Gasteiger partial charge < -0.3 is 10.1 Å². The van der Waals surface area contributed by atoms with Crippen LogP contribution in [0.25, 0.3) is 21.7 Å². The van der Waals surface area contributed by atoms with E-state index in [1.54, 1.807) is 28.2 Å². The average molecular weight is 397 g/mol. The first-order valence-corrected chi connectivity index (χ1v) is 9.86. The predicted octanol–water partition coefficient (Wildman–Crippen LogP) is 4.94. The molecule has 0 radical (unpaired) electrons. The summed E-state index contributed by atoms with van der Waals surface area (Å²) in [5.74, 6) is 0.982. The van der Waals surface area contributed by atoms with Crippen LogP contribution in [0.3, 0.4) is 0 Å². The van der Waals surface area contributed by atoms with Crippen LogP contribution in [0.1, 0.15) is 19.0 Å². The van der Waals surface area contributed by atoms with Crippen LogP contribution in [0.2, 0.25) is 0 Å². The monoisotopic (exact) mass is 397 g/mol. The molecule has 0 aliphatic carbocycles. The number of nitrogens with zero attached hydrogens (tertiary/aromatic N) is 4. The molecule has 0 saturated carbocycles. The highest BCUT2D eigenvalue weighted by atomic mass is 32.1. The van der Waals surface area contributed by atoms with Crippen molar-refractivity contribution in [3.8, 4) is 16.5 Å². The Balaban J connectivity index is 1.87. The van der Waals surface area contributed by atoms with Gasteiger partial charge in [0.25, 0.3) is 0 Å². The number of anilines is 2. The highest BCUT2D eigenvalue weighted by molar-refractivity contribution is 7.13. The van der Waals surface area contributed by atoms with E-state index in [1.165, 1.54) is 13.2 Å². The van der Waals surface area contributed by atoms with Gasteiger partial charge in [0, 0.05) is 18.8 Å². The van der Waals surface area contributed by atoms with Crippen molar-refractivity contribution in [3.63, 3.8) is 0 Å². The standard InChI is InChI=1S/C20H20FN5OS/c1-4-6-14-17-18(26(2)25-14)20(24-19(23-17)16-7-5-10-28-16)22-12-8-9-15(27-3)13(21)11-12/h5,7-11H,4,6H2,1-3H3,(H,22,23,24). The maximum atomic E-state index is 14.1. The van der Waals surface area contributed by atoms with E-state index in [1.807, 2.05) is 24.6 Å². The summed E-state index contributed by atoms with van der Waals surface area (Å²) in [7, 11) is 3.31. The summed E-state index contributed by atoms with van der Waals surface area (Å²) < 4.78 is 20.9. The summed E-state index contributed by atoms with van der Waals surface area (Å²) in [6.45, 7) is 2.11. The van der Waals surface area contributed by atoms with Gasteiger partial charge in [0.1, 0.15) is 11.0 Å². The number of aryl methyl sites for hydroxylation is 2. The molecule has 1 N–H and O–H groups in total. The Morgan fingerprint density at radius 1 is 1.25 bits per heavy atom. The third kappa shape index (κ3) is 3.31. The molecule has 1 aromatic carbocycles. The van der Waals surface area contributed by atoms with Gasteiger partial charge >= 0.3 is 0 Å². The molecule has 0 unspecified atom stereocenters. The molecule has 4 rings (SSSR count). The summed E-state index contributed by atoms with van der Waals surface area (Å²) in [4.78, 5) is 10.5. The van der Waals surface area contributed by atoms with E-state index in [2.05, 4.69) is 17.3 Å². The lowest BCUT2D eigenvalue weighted by atomic mass is 10.2. The van der Waals surface area contributed by atoms with E-state index in [-0.39, 0.29) is 5.75 Å². The van der Waals surface area contributed by atoms with Crippen molar-refractivity contribution in [2.45, 2.75) is 19.8 Å². The number of nitrogens with one attached hydrogen (secondary N) is 1. The number of methoxy groups -OCH3 is 1. The quantitative estimate of drug-likeness (QED) is 0.499. The molecule has 6 nitrogen and oxygen atoms in total. The van der Waals surface area contributed by atoms with Crippen LogP contribution in [-0.2, 0) is 13.5 Å². The number of aromatic nitrogens is 4. The minimum atomic E-state index is -0.437. The number of hydrogen-bond acceptors (Lipinski definition) is 6. The van der Waals surface area contributed by atoms with E-state index in [0.29, 0.717) is 17.3 Å². The number of halogens is 1. The molecule has 0 fully saturated rings. The summed E-state index contributed by atoms with van der Waals surface area (Å²) in [5, 5.41) is 9.86. The van der Waals surface area contributed by atoms with Gasteiger partial charge in [-0.15, -0.1) is 11.3 Å². The first-order valence-electron chi connectivity index (χ1n) is 8.98. The maximum absolute atomic E-state index is 14.1. The molecule has 0 amide bonds. The lowest BCUT2D eigenvalue weighted by Gasteiger charge is -2.11. The average Bonchev–Trinajstić information content (AvgIpc) is 3.31. The van der Waals surface area contributed by atoms with Crippen molar-refractivity contribution >= 4 is 33.9 Å². The molecule has 144 valence electrons. The number of rotatable bonds is 6. The van der Waals surface area contributed by atoms with Crippen molar-refractivity contribution in [1.82, 2.24) is 19.7 Å². The minimum absolute atomic E-state index is 0.198. The zero-order valence-corrected chi connectivity index (χ0v) is 16.7. The van der Waals surface area contributed by atoms with Gasteiger partial charge in [-0.25, -0.2) is 14.4 Å². The Bertz CT molecular complexity index is 1120. The molecule has 0 saturated heterocycles. The van der Waals surface area contributed by atoms with Crippen LogP contribution >= 0.6 is 11.3 Å². The second-order valence-corrected chi connectivity index (χ2v) is 7.31. The summed E-state index contributed by atoms with van der Waals surface area (Å²) in [6, 6.07) is 8.68. The molecule has 0 aliphatic rings. The SMILES string of the molecule is CCCc1nn(C)c2c(Nc3ccc(OC)c(F)c3)nc(-c3cccs3)nc12. The Morgan fingerprint density at radius 3 is 2.79 bits per heavy atom. The Kier molecular flexibility index (Phi) is 4.95. The van der Waals surface area contributed by atoms with Gasteiger partial charge in [0.05, 0.1) is 17.7 Å². The van der Waals surface area contributed by atoms with E-state index in [0.717, 1.165) is 34.4 Å². The fraction of sp³-hybridized carbons (Fsp3) is 0.250. The zero-order valence-electron chi connectivity index (χ0n) is 15.9. The number of thiophene rings is 1. The fourth-order valence-electron chi connectivity index (χ4n) is 3.13. The largest absolute Gasteiger partial charge is 0.494 e. The van der Waals surface area contributed by atoms with Crippen LogP contribution in [-0.4, -0.2) is 26.9 Å². The number of fused-ring (bicyclic) bond motifs is 1. The molecular weight excluding hydrogens is 377 g/mol. The van der Waals surface area contributed by atoms with Gasteiger partial charge in [0.15, 0.2) is 23.2 Å². The molecular formula is C20H20FN5OS. The van der Waals surface area contributed by atoms with Gasteiger partial charge in [-0.3, -0.25) is 4.68 Å². The molecule has 0 bridgehead atoms. The number of benzene rings is 1. The van der Waals surface area contributed by atoms with Crippen LogP contribution in [0.5, 0.6) is 5.75 Å². The Labute approximate surface area is 166 Å². The summed E-state index contributed by atoms with van der Waals surface area (Å²) in [5.41, 5.74) is 3.12. The zero-order chi connectivity index (χ0) is 19.7. The molecule has 3 aromatic heterocycles. The van der Waals surface area contributed by atoms with Crippen molar-refractivity contribution in [2.75, 3.05) is 12.4 Å². The van der Waals surface area contributed by atoms with Crippen LogP contribution < -0.4 is 10.1 Å². The summed E-state index contributed by atoms with van der Waals surface area (Å²) in [6.07, 6.45) is 1.80. The predicted molar refractivity (Wildman–Crippen MR) is 110 cm³/mol. The smallest absolute Gasteiger partial charge is 0.172 e. The highest BCUT2D eigenvalue weighted by Crippen LogP contribution is 2.31. The van der Waals surface area contributed by atoms with Crippen LogP contribution in [0.15, 0.2) is 35.7 Å². The second-order valence-electron chi connectivity index (χ2n) is 6.36. The summed E-state index contributed by atoms with van der Waals surface area (Å²) >= 11 is 1.58. The van der Waals surface area contributed by atoms with E-state index >= 15 is 0 Å². The van der Waals surface area contributed by atoms with Crippen molar-refractivity contribution in [3.05, 3.63) is 47.2 Å². The van der Waals surface area contributed by atoms with E-state index in [4.69, 9.17) is 14.7 Å². The van der Waals surface area contributed by atoms with Gasteiger partial charge in [-0.2, -0.15) is 5.10 Å².